The normalized spacial score (nSPS) is 25.1. The maximum atomic E-state index is 12.8. The molecule has 1 aliphatic heterocycles. The quantitative estimate of drug-likeness (QED) is 0.386. The monoisotopic (exact) mass is 250 g/mol. The van der Waals surface area contributed by atoms with Gasteiger partial charge in [-0.25, -0.2) is 10.3 Å². The van der Waals surface area contributed by atoms with E-state index >= 15 is 0 Å². The smallest absolute Gasteiger partial charge is 0.300 e. The summed E-state index contributed by atoms with van der Waals surface area (Å²) in [5, 5.41) is 19.4. The van der Waals surface area contributed by atoms with E-state index in [1.54, 1.807) is 0 Å². The molecule has 0 saturated carbocycles. The maximum Gasteiger partial charge on any atom is 0.454 e. The Morgan fingerprint density at radius 1 is 1.59 bits per heavy atom. The SMILES string of the molecule is N#C[C@@H]1CCC(NOC(F)(F)C(=O)NO)CN1. The van der Waals surface area contributed by atoms with Gasteiger partial charge in [-0.1, -0.05) is 0 Å². The van der Waals surface area contributed by atoms with Gasteiger partial charge < -0.3 is 5.32 Å². The van der Waals surface area contributed by atoms with Crippen molar-refractivity contribution in [3.8, 4) is 6.07 Å². The molecule has 96 valence electrons. The third-order valence-corrected chi connectivity index (χ3v) is 2.29. The van der Waals surface area contributed by atoms with Crippen molar-refractivity contribution in [3.05, 3.63) is 0 Å². The minimum absolute atomic E-state index is 0.273. The van der Waals surface area contributed by atoms with E-state index in [1.807, 2.05) is 11.5 Å². The summed E-state index contributed by atoms with van der Waals surface area (Å²) in [6.45, 7) is 0.273. The van der Waals surface area contributed by atoms with Crippen LogP contribution in [0.2, 0.25) is 0 Å². The zero-order valence-electron chi connectivity index (χ0n) is 8.74. The Morgan fingerprint density at radius 3 is 2.76 bits per heavy atom. The highest BCUT2D eigenvalue weighted by Gasteiger charge is 2.42. The number of piperidine rings is 1. The molecule has 1 aliphatic rings. The lowest BCUT2D eigenvalue weighted by atomic mass is 10.0. The molecule has 1 unspecified atom stereocenters. The second-order valence-electron chi connectivity index (χ2n) is 3.54. The number of hydrogen-bond donors (Lipinski definition) is 4. The summed E-state index contributed by atoms with van der Waals surface area (Å²) in [5.74, 6) is -1.95. The molecular formula is C8H12F2N4O3. The van der Waals surface area contributed by atoms with Crippen molar-refractivity contribution in [1.29, 1.82) is 5.26 Å². The molecule has 17 heavy (non-hydrogen) atoms. The summed E-state index contributed by atoms with van der Waals surface area (Å²) in [4.78, 5) is 14.4. The van der Waals surface area contributed by atoms with E-state index in [9.17, 15) is 13.6 Å². The average molecular weight is 250 g/mol. The first kappa shape index (κ1) is 13.7. The van der Waals surface area contributed by atoms with E-state index in [0.29, 0.717) is 12.8 Å². The predicted octanol–water partition coefficient (Wildman–Crippen LogP) is -0.750. The van der Waals surface area contributed by atoms with Crippen LogP contribution in [-0.4, -0.2) is 35.9 Å². The second kappa shape index (κ2) is 5.83. The van der Waals surface area contributed by atoms with Crippen LogP contribution in [0.3, 0.4) is 0 Å². The standard InChI is InChI=1S/C8H12F2N4O3/c9-8(10,7(15)13-16)17-14-6-2-1-5(3-11)12-4-6/h5-6,12,14,16H,1-2,4H2,(H,13,15)/t5-,6?/m0/s1. The van der Waals surface area contributed by atoms with Crippen LogP contribution in [0.5, 0.6) is 0 Å². The highest BCUT2D eigenvalue weighted by molar-refractivity contribution is 5.80. The number of nitrogens with zero attached hydrogens (tertiary/aromatic N) is 1. The molecule has 7 nitrogen and oxygen atoms in total. The molecule has 4 N–H and O–H groups in total. The van der Waals surface area contributed by atoms with Gasteiger partial charge in [-0.3, -0.25) is 10.0 Å². The first-order chi connectivity index (χ1) is 7.99. The summed E-state index contributed by atoms with van der Waals surface area (Å²) in [7, 11) is 0. The van der Waals surface area contributed by atoms with Crippen molar-refractivity contribution in [2.75, 3.05) is 6.54 Å². The number of carbonyl (C=O) groups is 1. The van der Waals surface area contributed by atoms with Gasteiger partial charge in [0, 0.05) is 12.6 Å². The van der Waals surface area contributed by atoms with Crippen molar-refractivity contribution < 1.29 is 23.6 Å². The second-order valence-corrected chi connectivity index (χ2v) is 3.54. The fourth-order valence-corrected chi connectivity index (χ4v) is 1.34. The van der Waals surface area contributed by atoms with Crippen LogP contribution in [0.1, 0.15) is 12.8 Å². The summed E-state index contributed by atoms with van der Waals surface area (Å²) in [6, 6.07) is 1.27. The van der Waals surface area contributed by atoms with Crippen molar-refractivity contribution in [2.24, 2.45) is 0 Å². The third-order valence-electron chi connectivity index (χ3n) is 2.29. The zero-order chi connectivity index (χ0) is 12.9. The van der Waals surface area contributed by atoms with Crippen LogP contribution < -0.4 is 16.3 Å². The number of hydroxylamine groups is 2. The highest BCUT2D eigenvalue weighted by Crippen LogP contribution is 2.15. The number of hydrogen-bond acceptors (Lipinski definition) is 6. The Hall–Kier alpha value is -1.34. The van der Waals surface area contributed by atoms with E-state index in [4.69, 9.17) is 10.5 Å². The van der Waals surface area contributed by atoms with E-state index in [2.05, 4.69) is 10.2 Å². The van der Waals surface area contributed by atoms with E-state index in [0.717, 1.165) is 5.48 Å². The van der Waals surface area contributed by atoms with Crippen molar-refractivity contribution in [1.82, 2.24) is 16.3 Å². The number of amides is 1. The van der Waals surface area contributed by atoms with Crippen LogP contribution in [0.25, 0.3) is 0 Å². The number of carbonyl (C=O) groups excluding carboxylic acids is 1. The van der Waals surface area contributed by atoms with Crippen LogP contribution in [-0.2, 0) is 9.63 Å². The number of nitrogens with one attached hydrogen (secondary N) is 3. The van der Waals surface area contributed by atoms with E-state index in [-0.39, 0.29) is 12.6 Å². The molecule has 0 spiro atoms. The Balaban J connectivity index is 2.33. The van der Waals surface area contributed by atoms with Crippen molar-refractivity contribution in [3.63, 3.8) is 0 Å². The Kier molecular flexibility index (Phi) is 4.71. The topological polar surface area (TPSA) is 106 Å². The molecule has 0 bridgehead atoms. The first-order valence-electron chi connectivity index (χ1n) is 4.88. The molecule has 1 rings (SSSR count). The summed E-state index contributed by atoms with van der Waals surface area (Å²) in [6.07, 6.45) is -3.20. The fourth-order valence-electron chi connectivity index (χ4n) is 1.34. The summed E-state index contributed by atoms with van der Waals surface area (Å²) in [5.41, 5.74) is 2.82. The maximum absolute atomic E-state index is 12.8. The van der Waals surface area contributed by atoms with Crippen LogP contribution in [0.15, 0.2) is 0 Å². The average Bonchev–Trinajstić information content (AvgIpc) is 2.36. The van der Waals surface area contributed by atoms with Gasteiger partial charge >= 0.3 is 12.0 Å². The number of alkyl halides is 2. The van der Waals surface area contributed by atoms with Gasteiger partial charge in [-0.15, -0.1) is 0 Å². The number of rotatable bonds is 4. The lowest BCUT2D eigenvalue weighted by Crippen LogP contribution is -2.51. The van der Waals surface area contributed by atoms with E-state index < -0.39 is 18.1 Å². The highest BCUT2D eigenvalue weighted by atomic mass is 19.3. The number of halogens is 2. The molecule has 1 saturated heterocycles. The minimum atomic E-state index is -4.15. The molecule has 1 fully saturated rings. The van der Waals surface area contributed by atoms with Crippen LogP contribution in [0, 0.1) is 11.3 Å². The molecule has 0 aliphatic carbocycles. The van der Waals surface area contributed by atoms with Crippen molar-refractivity contribution >= 4 is 5.91 Å². The minimum Gasteiger partial charge on any atom is -0.300 e. The molecular weight excluding hydrogens is 238 g/mol. The fraction of sp³-hybridized carbons (Fsp3) is 0.750. The molecule has 1 amide bonds. The van der Waals surface area contributed by atoms with Gasteiger partial charge in [0.05, 0.1) is 12.1 Å². The Bertz CT molecular complexity index is 312. The van der Waals surface area contributed by atoms with E-state index in [1.165, 1.54) is 0 Å². The molecule has 1 heterocycles. The van der Waals surface area contributed by atoms with Gasteiger partial charge in [0.1, 0.15) is 0 Å². The Labute approximate surface area is 95.6 Å². The lowest BCUT2D eigenvalue weighted by molar-refractivity contribution is -0.267. The molecule has 9 heteroatoms. The molecule has 0 aromatic carbocycles. The largest absolute Gasteiger partial charge is 0.454 e. The van der Waals surface area contributed by atoms with Crippen LogP contribution >= 0.6 is 0 Å². The van der Waals surface area contributed by atoms with Gasteiger partial charge in [-0.05, 0) is 12.8 Å². The van der Waals surface area contributed by atoms with Gasteiger partial charge in [0.2, 0.25) is 0 Å². The lowest BCUT2D eigenvalue weighted by Gasteiger charge is -2.27. The zero-order valence-corrected chi connectivity index (χ0v) is 8.74. The molecule has 0 radical (unpaired) electrons. The van der Waals surface area contributed by atoms with Gasteiger partial charge in [0.15, 0.2) is 0 Å². The molecule has 0 aromatic heterocycles. The number of nitriles is 1. The van der Waals surface area contributed by atoms with Crippen molar-refractivity contribution in [2.45, 2.75) is 31.0 Å². The van der Waals surface area contributed by atoms with Gasteiger partial charge in [-0.2, -0.15) is 19.5 Å². The summed E-state index contributed by atoms with van der Waals surface area (Å²) < 4.78 is 25.6. The van der Waals surface area contributed by atoms with Gasteiger partial charge in [0.25, 0.3) is 0 Å². The molecule has 0 aromatic rings. The summed E-state index contributed by atoms with van der Waals surface area (Å²) >= 11 is 0. The predicted molar refractivity (Wildman–Crippen MR) is 49.5 cm³/mol. The molecule has 2 atom stereocenters. The first-order valence-corrected chi connectivity index (χ1v) is 4.88. The Morgan fingerprint density at radius 2 is 2.29 bits per heavy atom. The third kappa shape index (κ3) is 3.86. The van der Waals surface area contributed by atoms with Crippen LogP contribution in [0.4, 0.5) is 8.78 Å².